The molecule has 5 nitrogen and oxygen atoms in total. The van der Waals surface area contributed by atoms with Gasteiger partial charge in [0.1, 0.15) is 6.04 Å². The molecule has 0 saturated carbocycles. The molecular formula is C21H24N4O. The van der Waals surface area contributed by atoms with Crippen LogP contribution in [0.15, 0.2) is 54.9 Å². The Morgan fingerprint density at radius 2 is 1.81 bits per heavy atom. The van der Waals surface area contributed by atoms with Crippen LogP contribution >= 0.6 is 0 Å². The van der Waals surface area contributed by atoms with Gasteiger partial charge in [-0.2, -0.15) is 5.10 Å². The summed E-state index contributed by atoms with van der Waals surface area (Å²) in [6.45, 7) is 7.75. The van der Waals surface area contributed by atoms with E-state index in [1.807, 2.05) is 64.2 Å². The van der Waals surface area contributed by atoms with Crippen molar-refractivity contribution in [1.29, 1.82) is 0 Å². The highest BCUT2D eigenvalue weighted by Gasteiger charge is 2.20. The van der Waals surface area contributed by atoms with E-state index in [2.05, 4.69) is 27.5 Å². The van der Waals surface area contributed by atoms with E-state index in [9.17, 15) is 4.79 Å². The minimum Gasteiger partial charge on any atom is -0.348 e. The van der Waals surface area contributed by atoms with Crippen LogP contribution in [0, 0.1) is 13.8 Å². The van der Waals surface area contributed by atoms with E-state index in [1.54, 1.807) is 10.9 Å². The first kappa shape index (κ1) is 17.9. The maximum Gasteiger partial charge on any atom is 0.245 e. The quantitative estimate of drug-likeness (QED) is 0.758. The fourth-order valence-corrected chi connectivity index (χ4v) is 3.06. The molecule has 5 heteroatoms. The Labute approximate surface area is 154 Å². The highest BCUT2D eigenvalue weighted by molar-refractivity contribution is 5.80. The SMILES string of the molecule is Cc1cc(C)n([C@H](C)C(=O)N[C@@H](C)c2ccc(-c3cccnc3)cc2)n1. The van der Waals surface area contributed by atoms with Gasteiger partial charge < -0.3 is 5.32 Å². The molecule has 0 fully saturated rings. The van der Waals surface area contributed by atoms with E-state index in [0.29, 0.717) is 0 Å². The third kappa shape index (κ3) is 3.82. The fraction of sp³-hybridized carbons (Fsp3) is 0.286. The lowest BCUT2D eigenvalue weighted by atomic mass is 10.0. The summed E-state index contributed by atoms with van der Waals surface area (Å²) in [6.07, 6.45) is 3.61. The molecule has 1 amide bonds. The second-order valence-corrected chi connectivity index (χ2v) is 6.64. The second kappa shape index (κ2) is 7.52. The molecular weight excluding hydrogens is 324 g/mol. The summed E-state index contributed by atoms with van der Waals surface area (Å²) >= 11 is 0. The molecule has 0 unspecified atom stereocenters. The number of rotatable bonds is 5. The van der Waals surface area contributed by atoms with Gasteiger partial charge in [0.2, 0.25) is 5.91 Å². The van der Waals surface area contributed by atoms with Crippen molar-refractivity contribution in [3.05, 3.63) is 71.8 Å². The molecule has 2 aromatic heterocycles. The summed E-state index contributed by atoms with van der Waals surface area (Å²) in [5, 5.41) is 7.48. The van der Waals surface area contributed by atoms with Gasteiger partial charge in [0.25, 0.3) is 0 Å². The highest BCUT2D eigenvalue weighted by atomic mass is 16.2. The van der Waals surface area contributed by atoms with Crippen LogP contribution in [0.25, 0.3) is 11.1 Å². The van der Waals surface area contributed by atoms with Crippen molar-refractivity contribution in [2.45, 2.75) is 39.8 Å². The number of aromatic nitrogens is 3. The number of pyridine rings is 1. The van der Waals surface area contributed by atoms with Crippen LogP contribution in [0.4, 0.5) is 0 Å². The van der Waals surface area contributed by atoms with Crippen molar-refractivity contribution in [3.8, 4) is 11.1 Å². The third-order valence-electron chi connectivity index (χ3n) is 4.56. The van der Waals surface area contributed by atoms with E-state index in [4.69, 9.17) is 0 Å². The first-order chi connectivity index (χ1) is 12.5. The average Bonchev–Trinajstić information content (AvgIpc) is 3.00. The first-order valence-electron chi connectivity index (χ1n) is 8.79. The largest absolute Gasteiger partial charge is 0.348 e. The Morgan fingerprint density at radius 3 is 2.38 bits per heavy atom. The summed E-state index contributed by atoms with van der Waals surface area (Å²) in [4.78, 5) is 16.7. The number of nitrogens with zero attached hydrogens (tertiary/aromatic N) is 3. The molecule has 2 heterocycles. The van der Waals surface area contributed by atoms with Crippen molar-refractivity contribution in [2.24, 2.45) is 0 Å². The summed E-state index contributed by atoms with van der Waals surface area (Å²) in [7, 11) is 0. The first-order valence-corrected chi connectivity index (χ1v) is 8.79. The molecule has 0 aliphatic heterocycles. The van der Waals surface area contributed by atoms with E-state index in [1.165, 1.54) is 0 Å². The standard InChI is InChI=1S/C21H24N4O/c1-14-12-15(2)25(24-14)17(4)21(26)23-16(3)18-7-9-19(10-8-18)20-6-5-11-22-13-20/h5-13,16-17H,1-4H3,(H,23,26)/t16-,17+/m0/s1. The fourth-order valence-electron chi connectivity index (χ4n) is 3.06. The number of hydrogen-bond donors (Lipinski definition) is 1. The smallest absolute Gasteiger partial charge is 0.245 e. The van der Waals surface area contributed by atoms with Gasteiger partial charge in [0.15, 0.2) is 0 Å². The lowest BCUT2D eigenvalue weighted by molar-refractivity contribution is -0.124. The number of nitrogens with one attached hydrogen (secondary N) is 1. The maximum atomic E-state index is 12.6. The summed E-state index contributed by atoms with van der Waals surface area (Å²) in [5.41, 5.74) is 5.15. The predicted octanol–water partition coefficient (Wildman–Crippen LogP) is 4.00. The molecule has 3 rings (SSSR count). The van der Waals surface area contributed by atoms with Gasteiger partial charge in [0.05, 0.1) is 11.7 Å². The van der Waals surface area contributed by atoms with Crippen LogP contribution in [0.3, 0.4) is 0 Å². The Kier molecular flexibility index (Phi) is 5.16. The molecule has 0 saturated heterocycles. The predicted molar refractivity (Wildman–Crippen MR) is 103 cm³/mol. The van der Waals surface area contributed by atoms with Crippen molar-refractivity contribution in [2.75, 3.05) is 0 Å². The number of carbonyl (C=O) groups excluding carboxylic acids is 1. The van der Waals surface area contributed by atoms with Gasteiger partial charge in [-0.05, 0) is 56.5 Å². The molecule has 0 bridgehead atoms. The number of amides is 1. The van der Waals surface area contributed by atoms with E-state index < -0.39 is 0 Å². The minimum absolute atomic E-state index is 0.0416. The van der Waals surface area contributed by atoms with Crippen molar-refractivity contribution >= 4 is 5.91 Å². The molecule has 2 atom stereocenters. The Hall–Kier alpha value is -2.95. The Morgan fingerprint density at radius 1 is 1.08 bits per heavy atom. The van der Waals surface area contributed by atoms with Crippen LogP contribution in [0.2, 0.25) is 0 Å². The van der Waals surface area contributed by atoms with E-state index >= 15 is 0 Å². The van der Waals surface area contributed by atoms with Crippen molar-refractivity contribution < 1.29 is 4.79 Å². The van der Waals surface area contributed by atoms with Gasteiger partial charge in [-0.15, -0.1) is 0 Å². The molecule has 134 valence electrons. The lowest BCUT2D eigenvalue weighted by Crippen LogP contribution is -2.33. The van der Waals surface area contributed by atoms with Crippen LogP contribution < -0.4 is 5.32 Å². The zero-order chi connectivity index (χ0) is 18.7. The normalized spacial score (nSPS) is 13.2. The Balaban J connectivity index is 1.68. The second-order valence-electron chi connectivity index (χ2n) is 6.64. The molecule has 3 aromatic rings. The van der Waals surface area contributed by atoms with Crippen molar-refractivity contribution in [1.82, 2.24) is 20.1 Å². The summed E-state index contributed by atoms with van der Waals surface area (Å²) in [5.74, 6) is -0.0416. The molecule has 1 N–H and O–H groups in total. The van der Waals surface area contributed by atoms with Crippen LogP contribution in [-0.4, -0.2) is 20.7 Å². The average molecular weight is 348 g/mol. The molecule has 0 aliphatic rings. The monoisotopic (exact) mass is 348 g/mol. The maximum absolute atomic E-state index is 12.6. The minimum atomic E-state index is -0.346. The van der Waals surface area contributed by atoms with Gasteiger partial charge in [-0.1, -0.05) is 30.3 Å². The molecule has 0 spiro atoms. The zero-order valence-electron chi connectivity index (χ0n) is 15.6. The van der Waals surface area contributed by atoms with Crippen LogP contribution in [-0.2, 0) is 4.79 Å². The number of carbonyl (C=O) groups is 1. The molecule has 0 aliphatic carbocycles. The zero-order valence-corrected chi connectivity index (χ0v) is 15.6. The van der Waals surface area contributed by atoms with Gasteiger partial charge in [-0.3, -0.25) is 14.5 Å². The van der Waals surface area contributed by atoms with Gasteiger partial charge in [0, 0.05) is 18.1 Å². The summed E-state index contributed by atoms with van der Waals surface area (Å²) < 4.78 is 1.77. The lowest BCUT2D eigenvalue weighted by Gasteiger charge is -2.19. The molecule has 0 radical (unpaired) electrons. The third-order valence-corrected chi connectivity index (χ3v) is 4.56. The van der Waals surface area contributed by atoms with Crippen molar-refractivity contribution in [3.63, 3.8) is 0 Å². The van der Waals surface area contributed by atoms with Crippen LogP contribution in [0.5, 0.6) is 0 Å². The topological polar surface area (TPSA) is 59.8 Å². The van der Waals surface area contributed by atoms with Crippen LogP contribution in [0.1, 0.15) is 42.9 Å². The van der Waals surface area contributed by atoms with E-state index in [0.717, 1.165) is 28.1 Å². The number of benzene rings is 1. The summed E-state index contributed by atoms with van der Waals surface area (Å²) in [6, 6.07) is 13.7. The Bertz CT molecular complexity index is 884. The number of aryl methyl sites for hydroxylation is 2. The van der Waals surface area contributed by atoms with E-state index in [-0.39, 0.29) is 18.0 Å². The molecule has 1 aromatic carbocycles. The number of hydrogen-bond acceptors (Lipinski definition) is 3. The van der Waals surface area contributed by atoms with Gasteiger partial charge >= 0.3 is 0 Å². The highest BCUT2D eigenvalue weighted by Crippen LogP contribution is 2.21. The van der Waals surface area contributed by atoms with Gasteiger partial charge in [-0.25, -0.2) is 0 Å². The molecule has 26 heavy (non-hydrogen) atoms.